The zero-order valence-electron chi connectivity index (χ0n) is 13.1. The molecule has 2 N–H and O–H groups in total. The number of hydrogen-bond acceptors (Lipinski definition) is 6. The molecule has 4 rings (SSSR count). The van der Waals surface area contributed by atoms with E-state index in [0.29, 0.717) is 28.2 Å². The molecule has 1 aromatic carbocycles. The van der Waals surface area contributed by atoms with Crippen molar-refractivity contribution in [2.24, 2.45) is 0 Å². The van der Waals surface area contributed by atoms with Crippen molar-refractivity contribution in [3.05, 3.63) is 58.1 Å². The van der Waals surface area contributed by atoms with Gasteiger partial charge in [0.1, 0.15) is 5.82 Å². The van der Waals surface area contributed by atoms with Crippen LogP contribution in [-0.2, 0) is 0 Å². The van der Waals surface area contributed by atoms with Gasteiger partial charge < -0.3 is 10.3 Å². The second kappa shape index (κ2) is 5.99. The van der Waals surface area contributed by atoms with Gasteiger partial charge in [-0.25, -0.2) is 9.97 Å². The van der Waals surface area contributed by atoms with E-state index >= 15 is 0 Å². The van der Waals surface area contributed by atoms with Crippen LogP contribution in [-0.4, -0.2) is 36.8 Å². The fraction of sp³-hybridized carbons (Fsp3) is 0.0625. The van der Waals surface area contributed by atoms with E-state index in [1.165, 1.54) is 10.9 Å². The molecule has 8 nitrogen and oxygen atoms in total. The fourth-order valence-corrected chi connectivity index (χ4v) is 2.62. The van der Waals surface area contributed by atoms with Crippen molar-refractivity contribution in [1.82, 2.24) is 29.7 Å². The van der Waals surface area contributed by atoms with Crippen LogP contribution in [0, 0.1) is 0 Å². The SMILES string of the molecule is CNc1nccc(-n2nccc(-c3nc4ccc(Cl)cc4[nH]3)c2=O)n1. The molecule has 0 aliphatic carbocycles. The third-order valence-electron chi connectivity index (χ3n) is 3.63. The molecule has 25 heavy (non-hydrogen) atoms. The van der Waals surface area contributed by atoms with Crippen molar-refractivity contribution in [3.63, 3.8) is 0 Å². The summed E-state index contributed by atoms with van der Waals surface area (Å²) in [6.45, 7) is 0. The molecule has 0 amide bonds. The maximum Gasteiger partial charge on any atom is 0.283 e. The summed E-state index contributed by atoms with van der Waals surface area (Å²) in [5, 5.41) is 7.52. The molecule has 0 atom stereocenters. The lowest BCUT2D eigenvalue weighted by molar-refractivity contribution is 0.779. The Balaban J connectivity index is 1.87. The Morgan fingerprint density at radius 3 is 2.88 bits per heavy atom. The van der Waals surface area contributed by atoms with Gasteiger partial charge in [-0.15, -0.1) is 0 Å². The fourth-order valence-electron chi connectivity index (χ4n) is 2.45. The first-order chi connectivity index (χ1) is 12.2. The number of aromatic nitrogens is 6. The summed E-state index contributed by atoms with van der Waals surface area (Å²) < 4.78 is 1.21. The van der Waals surface area contributed by atoms with E-state index in [2.05, 4.69) is 30.4 Å². The number of hydrogen-bond donors (Lipinski definition) is 2. The highest BCUT2D eigenvalue weighted by molar-refractivity contribution is 6.31. The van der Waals surface area contributed by atoms with Gasteiger partial charge in [-0.05, 0) is 24.3 Å². The summed E-state index contributed by atoms with van der Waals surface area (Å²) in [5.41, 5.74) is 1.52. The molecular weight excluding hydrogens is 342 g/mol. The molecule has 0 saturated heterocycles. The zero-order chi connectivity index (χ0) is 17.4. The van der Waals surface area contributed by atoms with E-state index in [-0.39, 0.29) is 5.56 Å². The van der Waals surface area contributed by atoms with Crippen molar-refractivity contribution < 1.29 is 0 Å². The second-order valence-electron chi connectivity index (χ2n) is 5.20. The molecular formula is C16H12ClN7O. The summed E-state index contributed by atoms with van der Waals surface area (Å²) in [6, 6.07) is 8.52. The maximum absolute atomic E-state index is 12.8. The predicted octanol–water partition coefficient (Wildman–Crippen LogP) is 2.26. The lowest BCUT2D eigenvalue weighted by atomic mass is 10.3. The number of nitrogens with zero attached hydrogens (tertiary/aromatic N) is 5. The number of halogens is 1. The molecule has 0 unspecified atom stereocenters. The molecule has 3 aromatic heterocycles. The zero-order valence-corrected chi connectivity index (χ0v) is 13.8. The molecule has 0 fully saturated rings. The number of anilines is 1. The largest absolute Gasteiger partial charge is 0.357 e. The van der Waals surface area contributed by atoms with Gasteiger partial charge in [0.25, 0.3) is 5.56 Å². The molecule has 0 aliphatic rings. The maximum atomic E-state index is 12.8. The molecule has 3 heterocycles. The topological polar surface area (TPSA) is 101 Å². The molecule has 124 valence electrons. The highest BCUT2D eigenvalue weighted by Crippen LogP contribution is 2.21. The standard InChI is InChI=1S/C16H12ClN7O/c1-18-16-19-6-5-13(23-16)24-15(25)10(4-7-20-24)14-21-11-3-2-9(17)8-12(11)22-14/h2-8H,1H3,(H,21,22)(H,18,19,23). The van der Waals surface area contributed by atoms with Crippen molar-refractivity contribution in [1.29, 1.82) is 0 Å². The van der Waals surface area contributed by atoms with Crippen molar-refractivity contribution in [2.45, 2.75) is 0 Å². The number of rotatable bonds is 3. The van der Waals surface area contributed by atoms with E-state index in [1.54, 1.807) is 43.6 Å². The lowest BCUT2D eigenvalue weighted by Gasteiger charge is -2.05. The van der Waals surface area contributed by atoms with E-state index in [9.17, 15) is 4.79 Å². The second-order valence-corrected chi connectivity index (χ2v) is 5.63. The highest BCUT2D eigenvalue weighted by atomic mass is 35.5. The molecule has 0 spiro atoms. The minimum atomic E-state index is -0.339. The number of imidazole rings is 1. The summed E-state index contributed by atoms with van der Waals surface area (Å²) in [6.07, 6.45) is 3.08. The van der Waals surface area contributed by atoms with Gasteiger partial charge in [-0.2, -0.15) is 14.8 Å². The Morgan fingerprint density at radius 2 is 2.04 bits per heavy atom. The lowest BCUT2D eigenvalue weighted by Crippen LogP contribution is -2.23. The summed E-state index contributed by atoms with van der Waals surface area (Å²) >= 11 is 6.00. The minimum absolute atomic E-state index is 0.339. The number of benzene rings is 1. The third kappa shape index (κ3) is 2.72. The predicted molar refractivity (Wildman–Crippen MR) is 95.1 cm³/mol. The number of H-pyrrole nitrogens is 1. The van der Waals surface area contributed by atoms with Gasteiger partial charge >= 0.3 is 0 Å². The minimum Gasteiger partial charge on any atom is -0.357 e. The Bertz CT molecular complexity index is 1130. The normalized spacial score (nSPS) is 11.0. The van der Waals surface area contributed by atoms with Gasteiger partial charge in [-0.1, -0.05) is 11.6 Å². The molecule has 0 radical (unpaired) electrons. The van der Waals surface area contributed by atoms with Gasteiger partial charge in [-0.3, -0.25) is 4.79 Å². The van der Waals surface area contributed by atoms with Gasteiger partial charge in [0.05, 0.1) is 16.6 Å². The Kier molecular flexibility index (Phi) is 3.66. The van der Waals surface area contributed by atoms with Gasteiger partial charge in [0.15, 0.2) is 5.82 Å². The van der Waals surface area contributed by atoms with E-state index in [4.69, 9.17) is 11.6 Å². The molecule has 0 saturated carbocycles. The van der Waals surface area contributed by atoms with Crippen LogP contribution in [0.4, 0.5) is 5.95 Å². The van der Waals surface area contributed by atoms with Crippen LogP contribution in [0.15, 0.2) is 47.5 Å². The van der Waals surface area contributed by atoms with Crippen molar-refractivity contribution >= 4 is 28.6 Å². The monoisotopic (exact) mass is 353 g/mol. The Hall–Kier alpha value is -3.26. The molecule has 0 aliphatic heterocycles. The third-order valence-corrected chi connectivity index (χ3v) is 3.86. The number of nitrogens with one attached hydrogen (secondary N) is 2. The van der Waals surface area contributed by atoms with Crippen LogP contribution >= 0.6 is 11.6 Å². The highest BCUT2D eigenvalue weighted by Gasteiger charge is 2.13. The van der Waals surface area contributed by atoms with Crippen LogP contribution in [0.3, 0.4) is 0 Å². The van der Waals surface area contributed by atoms with E-state index in [0.717, 1.165) is 11.0 Å². The average Bonchev–Trinajstić information content (AvgIpc) is 3.04. The summed E-state index contributed by atoms with van der Waals surface area (Å²) in [7, 11) is 1.70. The van der Waals surface area contributed by atoms with Crippen LogP contribution in [0.1, 0.15) is 0 Å². The van der Waals surface area contributed by atoms with Crippen LogP contribution < -0.4 is 10.9 Å². The van der Waals surface area contributed by atoms with Crippen LogP contribution in [0.2, 0.25) is 5.02 Å². The first kappa shape index (κ1) is 15.3. The number of fused-ring (bicyclic) bond motifs is 1. The first-order valence-electron chi connectivity index (χ1n) is 7.41. The molecule has 4 aromatic rings. The van der Waals surface area contributed by atoms with Crippen molar-refractivity contribution in [2.75, 3.05) is 12.4 Å². The molecule has 0 bridgehead atoms. The van der Waals surface area contributed by atoms with E-state index in [1.807, 2.05) is 0 Å². The van der Waals surface area contributed by atoms with Gasteiger partial charge in [0.2, 0.25) is 5.95 Å². The van der Waals surface area contributed by atoms with Crippen LogP contribution in [0.25, 0.3) is 28.2 Å². The summed E-state index contributed by atoms with van der Waals surface area (Å²) in [5.74, 6) is 1.21. The molecule has 9 heteroatoms. The van der Waals surface area contributed by atoms with Crippen LogP contribution in [0.5, 0.6) is 0 Å². The Morgan fingerprint density at radius 1 is 1.16 bits per heavy atom. The quantitative estimate of drug-likeness (QED) is 0.586. The smallest absolute Gasteiger partial charge is 0.283 e. The Labute approximate surface area is 146 Å². The number of aromatic amines is 1. The summed E-state index contributed by atoms with van der Waals surface area (Å²) in [4.78, 5) is 28.7. The first-order valence-corrected chi connectivity index (χ1v) is 7.78. The van der Waals surface area contributed by atoms with E-state index < -0.39 is 0 Å². The van der Waals surface area contributed by atoms with Crippen molar-refractivity contribution in [3.8, 4) is 17.2 Å². The average molecular weight is 354 g/mol. The van der Waals surface area contributed by atoms with Gasteiger partial charge in [0, 0.05) is 30.5 Å².